The SMILES string of the molecule is C[C@H](OC(=O)C[C@@H](NC(=O)c1ccccc1)c1ccccc1)C(=O)c1ccc(F)cc1. The molecule has 0 heterocycles. The molecule has 3 aromatic carbocycles. The smallest absolute Gasteiger partial charge is 0.308 e. The molecular formula is C25H22FNO4. The van der Waals surface area contributed by atoms with Gasteiger partial charge in [-0.15, -0.1) is 0 Å². The molecule has 0 aliphatic heterocycles. The number of amides is 1. The first kappa shape index (κ1) is 21.9. The van der Waals surface area contributed by atoms with E-state index in [4.69, 9.17) is 4.74 Å². The molecule has 5 nitrogen and oxygen atoms in total. The average Bonchev–Trinajstić information content (AvgIpc) is 2.79. The molecule has 1 N–H and O–H groups in total. The monoisotopic (exact) mass is 419 g/mol. The van der Waals surface area contributed by atoms with Crippen LogP contribution in [0.2, 0.25) is 0 Å². The number of hydrogen-bond acceptors (Lipinski definition) is 4. The predicted molar refractivity (Wildman–Crippen MR) is 114 cm³/mol. The quantitative estimate of drug-likeness (QED) is 0.431. The van der Waals surface area contributed by atoms with Crippen molar-refractivity contribution < 1.29 is 23.5 Å². The van der Waals surface area contributed by atoms with Gasteiger partial charge in [0, 0.05) is 11.1 Å². The maximum Gasteiger partial charge on any atom is 0.308 e. The van der Waals surface area contributed by atoms with Crippen LogP contribution in [0.5, 0.6) is 0 Å². The van der Waals surface area contributed by atoms with Crippen LogP contribution >= 0.6 is 0 Å². The van der Waals surface area contributed by atoms with Crippen molar-refractivity contribution in [1.29, 1.82) is 0 Å². The van der Waals surface area contributed by atoms with E-state index in [0.29, 0.717) is 5.56 Å². The molecule has 0 aliphatic carbocycles. The number of halogens is 1. The van der Waals surface area contributed by atoms with Crippen molar-refractivity contribution >= 4 is 17.7 Å². The van der Waals surface area contributed by atoms with E-state index in [1.165, 1.54) is 31.2 Å². The summed E-state index contributed by atoms with van der Waals surface area (Å²) in [6.07, 6.45) is -1.19. The number of rotatable bonds is 8. The molecule has 3 rings (SSSR count). The number of carbonyl (C=O) groups is 3. The Kier molecular flexibility index (Phi) is 7.27. The third-order valence-corrected chi connectivity index (χ3v) is 4.72. The molecule has 0 fully saturated rings. The van der Waals surface area contributed by atoms with E-state index in [1.54, 1.807) is 36.4 Å². The van der Waals surface area contributed by atoms with Gasteiger partial charge in [0.2, 0.25) is 5.78 Å². The fraction of sp³-hybridized carbons (Fsp3) is 0.160. The first-order valence-corrected chi connectivity index (χ1v) is 9.84. The number of ketones is 1. The van der Waals surface area contributed by atoms with Crippen LogP contribution in [0.15, 0.2) is 84.9 Å². The minimum absolute atomic E-state index is 0.149. The zero-order chi connectivity index (χ0) is 22.2. The highest BCUT2D eigenvalue weighted by Gasteiger charge is 2.24. The summed E-state index contributed by atoms with van der Waals surface area (Å²) >= 11 is 0. The normalized spacial score (nSPS) is 12.5. The average molecular weight is 419 g/mol. The van der Waals surface area contributed by atoms with Gasteiger partial charge in [0.15, 0.2) is 6.10 Å². The minimum Gasteiger partial charge on any atom is -0.454 e. The van der Waals surface area contributed by atoms with Crippen LogP contribution in [0.4, 0.5) is 4.39 Å². The molecule has 0 spiro atoms. The first-order valence-electron chi connectivity index (χ1n) is 9.84. The summed E-state index contributed by atoms with van der Waals surface area (Å²) in [4.78, 5) is 37.6. The van der Waals surface area contributed by atoms with Crippen LogP contribution in [0, 0.1) is 5.82 Å². The van der Waals surface area contributed by atoms with Crippen molar-refractivity contribution in [3.63, 3.8) is 0 Å². The lowest BCUT2D eigenvalue weighted by Gasteiger charge is -2.20. The molecule has 3 aromatic rings. The third-order valence-electron chi connectivity index (χ3n) is 4.72. The zero-order valence-electron chi connectivity index (χ0n) is 17.0. The Labute approximate surface area is 179 Å². The highest BCUT2D eigenvalue weighted by atomic mass is 19.1. The van der Waals surface area contributed by atoms with Gasteiger partial charge in [0.1, 0.15) is 5.82 Å². The van der Waals surface area contributed by atoms with E-state index in [9.17, 15) is 18.8 Å². The van der Waals surface area contributed by atoms with E-state index in [-0.39, 0.29) is 17.9 Å². The molecule has 6 heteroatoms. The zero-order valence-corrected chi connectivity index (χ0v) is 17.0. The molecule has 31 heavy (non-hydrogen) atoms. The summed E-state index contributed by atoms with van der Waals surface area (Å²) in [6, 6.07) is 22.1. The van der Waals surface area contributed by atoms with Crippen molar-refractivity contribution in [2.75, 3.05) is 0 Å². The van der Waals surface area contributed by atoms with Crippen LogP contribution in [0.3, 0.4) is 0 Å². The molecule has 1 amide bonds. The van der Waals surface area contributed by atoms with Gasteiger partial charge < -0.3 is 10.1 Å². The Morgan fingerprint density at radius 1 is 0.839 bits per heavy atom. The van der Waals surface area contributed by atoms with Gasteiger partial charge in [-0.1, -0.05) is 48.5 Å². The van der Waals surface area contributed by atoms with Crippen LogP contribution in [0.25, 0.3) is 0 Å². The van der Waals surface area contributed by atoms with Gasteiger partial charge in [0.05, 0.1) is 12.5 Å². The molecule has 0 aliphatic rings. The maximum atomic E-state index is 13.1. The van der Waals surface area contributed by atoms with Crippen LogP contribution in [-0.2, 0) is 9.53 Å². The lowest BCUT2D eigenvalue weighted by molar-refractivity contribution is -0.146. The second kappa shape index (κ2) is 10.3. The second-order valence-corrected chi connectivity index (χ2v) is 7.01. The molecule has 0 saturated heterocycles. The van der Waals surface area contributed by atoms with Gasteiger partial charge in [-0.2, -0.15) is 0 Å². The van der Waals surface area contributed by atoms with E-state index >= 15 is 0 Å². The maximum absolute atomic E-state index is 13.1. The van der Waals surface area contributed by atoms with Crippen LogP contribution in [0.1, 0.15) is 45.7 Å². The van der Waals surface area contributed by atoms with Crippen molar-refractivity contribution in [3.8, 4) is 0 Å². The summed E-state index contributed by atoms with van der Waals surface area (Å²) < 4.78 is 18.4. The van der Waals surface area contributed by atoms with Crippen LogP contribution < -0.4 is 5.32 Å². The van der Waals surface area contributed by atoms with Crippen LogP contribution in [-0.4, -0.2) is 23.8 Å². The highest BCUT2D eigenvalue weighted by Crippen LogP contribution is 2.19. The molecule has 0 unspecified atom stereocenters. The first-order chi connectivity index (χ1) is 14.9. The standard InChI is InChI=1S/C25H22FNO4/c1-17(24(29)19-12-14-21(26)15-13-19)31-23(28)16-22(18-8-4-2-5-9-18)27-25(30)20-10-6-3-7-11-20/h2-15,17,22H,16H2,1H3,(H,27,30)/t17-,22+/m0/s1. The molecule has 0 aromatic heterocycles. The number of carbonyl (C=O) groups excluding carboxylic acids is 3. The van der Waals surface area contributed by atoms with Crippen molar-refractivity contribution in [3.05, 3.63) is 107 Å². The van der Waals surface area contributed by atoms with Gasteiger partial charge in [-0.05, 0) is 48.9 Å². The number of ether oxygens (including phenoxy) is 1. The molecule has 158 valence electrons. The van der Waals surface area contributed by atoms with Gasteiger partial charge in [0.25, 0.3) is 5.91 Å². The van der Waals surface area contributed by atoms with E-state index in [2.05, 4.69) is 5.32 Å². The Morgan fingerprint density at radius 3 is 2.03 bits per heavy atom. The lowest BCUT2D eigenvalue weighted by atomic mass is 10.0. The van der Waals surface area contributed by atoms with E-state index in [1.807, 2.05) is 24.3 Å². The van der Waals surface area contributed by atoms with Crippen molar-refractivity contribution in [1.82, 2.24) is 5.32 Å². The fourth-order valence-electron chi connectivity index (χ4n) is 3.08. The van der Waals surface area contributed by atoms with E-state index < -0.39 is 29.7 Å². The molecule has 0 radical (unpaired) electrons. The van der Waals surface area contributed by atoms with Gasteiger partial charge in [-0.3, -0.25) is 14.4 Å². The Bertz CT molecular complexity index is 1040. The summed E-state index contributed by atoms with van der Waals surface area (Å²) in [6.45, 7) is 1.46. The number of Topliss-reactive ketones (excluding diaryl/α,β-unsaturated/α-hetero) is 1. The number of nitrogens with one attached hydrogen (secondary N) is 1. The molecular weight excluding hydrogens is 397 g/mol. The second-order valence-electron chi connectivity index (χ2n) is 7.01. The Hall–Kier alpha value is -3.80. The summed E-state index contributed by atoms with van der Waals surface area (Å²) in [7, 11) is 0. The Morgan fingerprint density at radius 2 is 1.42 bits per heavy atom. The number of benzene rings is 3. The lowest BCUT2D eigenvalue weighted by Crippen LogP contribution is -2.32. The highest BCUT2D eigenvalue weighted by molar-refractivity contribution is 6.00. The summed E-state index contributed by atoms with van der Waals surface area (Å²) in [5.74, 6) is -1.85. The van der Waals surface area contributed by atoms with Crippen molar-refractivity contribution in [2.24, 2.45) is 0 Å². The minimum atomic E-state index is -1.04. The number of hydrogen-bond donors (Lipinski definition) is 1. The number of esters is 1. The topological polar surface area (TPSA) is 72.5 Å². The Balaban J connectivity index is 1.68. The summed E-state index contributed by atoms with van der Waals surface area (Å²) in [5, 5.41) is 2.85. The molecule has 0 saturated carbocycles. The molecule has 0 bridgehead atoms. The molecule has 2 atom stereocenters. The third kappa shape index (κ3) is 6.09. The summed E-state index contributed by atoms with van der Waals surface area (Å²) in [5.41, 5.74) is 1.46. The van der Waals surface area contributed by atoms with Gasteiger partial charge in [-0.25, -0.2) is 4.39 Å². The van der Waals surface area contributed by atoms with Gasteiger partial charge >= 0.3 is 5.97 Å². The predicted octanol–water partition coefficient (Wildman–Crippen LogP) is 4.50. The van der Waals surface area contributed by atoms with Crippen molar-refractivity contribution in [2.45, 2.75) is 25.5 Å². The van der Waals surface area contributed by atoms with E-state index in [0.717, 1.165) is 5.56 Å². The fourth-order valence-corrected chi connectivity index (χ4v) is 3.08. The largest absolute Gasteiger partial charge is 0.454 e.